The van der Waals surface area contributed by atoms with Crippen molar-refractivity contribution in [2.24, 2.45) is 0 Å². The number of hydrogen-bond acceptors (Lipinski definition) is 5. The number of benzene rings is 1. The van der Waals surface area contributed by atoms with E-state index in [9.17, 15) is 0 Å². The van der Waals surface area contributed by atoms with Crippen LogP contribution in [0.5, 0.6) is 0 Å². The summed E-state index contributed by atoms with van der Waals surface area (Å²) in [6.07, 6.45) is 4.71. The second-order valence-corrected chi connectivity index (χ2v) is 6.22. The highest BCUT2D eigenvalue weighted by atomic mass is 16.3. The van der Waals surface area contributed by atoms with Gasteiger partial charge in [0, 0.05) is 17.1 Å². The molecule has 0 aliphatic rings. The predicted octanol–water partition coefficient (Wildman–Crippen LogP) is 4.88. The third-order valence-electron chi connectivity index (χ3n) is 4.37. The Morgan fingerprint density at radius 1 is 1.00 bits per heavy atom. The van der Waals surface area contributed by atoms with Crippen LogP contribution in [0.2, 0.25) is 0 Å². The van der Waals surface area contributed by atoms with Crippen LogP contribution < -0.4 is 5.73 Å². The molecule has 0 bridgehead atoms. The smallest absolute Gasteiger partial charge is 0.221 e. The SMILES string of the molecule is CCCCc1c(-c2ccccn2)nc(N)nc1-c1cc2ccccc2o1. The van der Waals surface area contributed by atoms with Crippen molar-refractivity contribution in [2.45, 2.75) is 26.2 Å². The number of nitrogen functional groups attached to an aromatic ring is 1. The zero-order chi connectivity index (χ0) is 17.9. The molecule has 3 heterocycles. The fourth-order valence-electron chi connectivity index (χ4n) is 3.11. The summed E-state index contributed by atoms with van der Waals surface area (Å²) in [5.74, 6) is 0.935. The van der Waals surface area contributed by atoms with Gasteiger partial charge in [0.25, 0.3) is 0 Å². The number of anilines is 1. The summed E-state index contributed by atoms with van der Waals surface area (Å²) in [6.45, 7) is 2.17. The number of rotatable bonds is 5. The number of fused-ring (bicyclic) bond motifs is 1. The monoisotopic (exact) mass is 344 g/mol. The summed E-state index contributed by atoms with van der Waals surface area (Å²) in [5, 5.41) is 1.04. The summed E-state index contributed by atoms with van der Waals surface area (Å²) >= 11 is 0. The van der Waals surface area contributed by atoms with Crippen molar-refractivity contribution < 1.29 is 4.42 Å². The molecule has 3 aromatic heterocycles. The Hall–Kier alpha value is -3.21. The predicted molar refractivity (Wildman–Crippen MR) is 103 cm³/mol. The van der Waals surface area contributed by atoms with Gasteiger partial charge in [-0.05, 0) is 37.1 Å². The van der Waals surface area contributed by atoms with Crippen LogP contribution in [0.25, 0.3) is 33.8 Å². The van der Waals surface area contributed by atoms with Crippen molar-refractivity contribution in [2.75, 3.05) is 5.73 Å². The third-order valence-corrected chi connectivity index (χ3v) is 4.37. The first-order chi connectivity index (χ1) is 12.8. The molecule has 0 spiro atoms. The molecule has 0 saturated heterocycles. The zero-order valence-electron chi connectivity index (χ0n) is 14.6. The highest BCUT2D eigenvalue weighted by molar-refractivity contribution is 5.83. The van der Waals surface area contributed by atoms with Crippen molar-refractivity contribution in [3.05, 3.63) is 60.3 Å². The molecule has 1 aromatic carbocycles. The average Bonchev–Trinajstić information content (AvgIpc) is 3.11. The average molecular weight is 344 g/mol. The lowest BCUT2D eigenvalue weighted by Gasteiger charge is -2.12. The molecule has 0 aliphatic heterocycles. The lowest BCUT2D eigenvalue weighted by atomic mass is 10.0. The van der Waals surface area contributed by atoms with Gasteiger partial charge < -0.3 is 10.2 Å². The van der Waals surface area contributed by atoms with Gasteiger partial charge in [0.1, 0.15) is 11.3 Å². The minimum Gasteiger partial charge on any atom is -0.454 e. The van der Waals surface area contributed by atoms with Gasteiger partial charge in [0.2, 0.25) is 5.95 Å². The van der Waals surface area contributed by atoms with Crippen LogP contribution in [0, 0.1) is 0 Å². The van der Waals surface area contributed by atoms with Crippen LogP contribution in [-0.2, 0) is 6.42 Å². The quantitative estimate of drug-likeness (QED) is 0.558. The number of pyridine rings is 1. The van der Waals surface area contributed by atoms with Gasteiger partial charge in [-0.2, -0.15) is 0 Å². The van der Waals surface area contributed by atoms with E-state index in [1.54, 1.807) is 6.20 Å². The number of nitrogens with two attached hydrogens (primary N) is 1. The molecule has 2 N–H and O–H groups in total. The molecule has 0 amide bonds. The Labute approximate surface area is 151 Å². The van der Waals surface area contributed by atoms with Crippen LogP contribution >= 0.6 is 0 Å². The number of aromatic nitrogens is 3. The Morgan fingerprint density at radius 2 is 1.81 bits per heavy atom. The Morgan fingerprint density at radius 3 is 2.58 bits per heavy atom. The van der Waals surface area contributed by atoms with Gasteiger partial charge in [-0.3, -0.25) is 4.98 Å². The van der Waals surface area contributed by atoms with Gasteiger partial charge in [0.15, 0.2) is 5.76 Å². The Bertz CT molecular complexity index is 1010. The van der Waals surface area contributed by atoms with E-state index >= 15 is 0 Å². The van der Waals surface area contributed by atoms with Gasteiger partial charge in [-0.15, -0.1) is 0 Å². The van der Waals surface area contributed by atoms with Crippen molar-refractivity contribution >= 4 is 16.9 Å². The number of unbranched alkanes of at least 4 members (excludes halogenated alkanes) is 1. The molecule has 0 atom stereocenters. The maximum atomic E-state index is 6.05. The summed E-state index contributed by atoms with van der Waals surface area (Å²) in [5.41, 5.74) is 10.2. The van der Waals surface area contributed by atoms with Gasteiger partial charge in [0.05, 0.1) is 11.4 Å². The molecular weight excluding hydrogens is 324 g/mol. The normalized spacial score (nSPS) is 11.1. The second kappa shape index (κ2) is 6.96. The molecule has 4 aromatic rings. The van der Waals surface area contributed by atoms with E-state index in [-0.39, 0.29) is 5.95 Å². The molecule has 0 radical (unpaired) electrons. The molecule has 5 nitrogen and oxygen atoms in total. The molecule has 4 rings (SSSR count). The third kappa shape index (κ3) is 3.04. The van der Waals surface area contributed by atoms with E-state index in [1.807, 2.05) is 48.5 Å². The molecule has 0 aliphatic carbocycles. The van der Waals surface area contributed by atoms with Gasteiger partial charge in [-0.25, -0.2) is 9.97 Å². The van der Waals surface area contributed by atoms with Crippen LogP contribution in [0.3, 0.4) is 0 Å². The van der Waals surface area contributed by atoms with Crippen LogP contribution in [0.1, 0.15) is 25.3 Å². The summed E-state index contributed by atoms with van der Waals surface area (Å²) in [7, 11) is 0. The molecular formula is C21H20N4O. The molecule has 0 saturated carbocycles. The van der Waals surface area contributed by atoms with E-state index in [0.717, 1.165) is 52.9 Å². The first kappa shape index (κ1) is 16.3. The molecule has 130 valence electrons. The van der Waals surface area contributed by atoms with Crippen LogP contribution in [0.4, 0.5) is 5.95 Å². The van der Waals surface area contributed by atoms with E-state index in [4.69, 9.17) is 10.2 Å². The second-order valence-electron chi connectivity index (χ2n) is 6.22. The van der Waals surface area contributed by atoms with Gasteiger partial charge in [-0.1, -0.05) is 37.6 Å². The Kier molecular flexibility index (Phi) is 4.35. The minimum atomic E-state index is 0.223. The summed E-state index contributed by atoms with van der Waals surface area (Å²) < 4.78 is 6.05. The van der Waals surface area contributed by atoms with Crippen LogP contribution in [0.15, 0.2) is 59.1 Å². The number of nitrogens with zero attached hydrogens (tertiary/aromatic N) is 3. The topological polar surface area (TPSA) is 77.8 Å². The summed E-state index contributed by atoms with van der Waals surface area (Å²) in [4.78, 5) is 13.5. The van der Waals surface area contributed by atoms with Crippen molar-refractivity contribution in [3.63, 3.8) is 0 Å². The number of para-hydroxylation sites is 1. The maximum absolute atomic E-state index is 6.05. The number of hydrogen-bond donors (Lipinski definition) is 1. The fourth-order valence-corrected chi connectivity index (χ4v) is 3.11. The molecule has 0 unspecified atom stereocenters. The highest BCUT2D eigenvalue weighted by Gasteiger charge is 2.19. The maximum Gasteiger partial charge on any atom is 0.221 e. The van der Waals surface area contributed by atoms with E-state index in [1.165, 1.54) is 0 Å². The molecule has 0 fully saturated rings. The van der Waals surface area contributed by atoms with Gasteiger partial charge >= 0.3 is 0 Å². The summed E-state index contributed by atoms with van der Waals surface area (Å²) in [6, 6.07) is 15.7. The Balaban J connectivity index is 1.94. The van der Waals surface area contributed by atoms with Crippen molar-refractivity contribution in [1.82, 2.24) is 15.0 Å². The van der Waals surface area contributed by atoms with E-state index in [0.29, 0.717) is 5.76 Å². The molecule has 5 heteroatoms. The van der Waals surface area contributed by atoms with Crippen molar-refractivity contribution in [1.29, 1.82) is 0 Å². The van der Waals surface area contributed by atoms with Crippen molar-refractivity contribution in [3.8, 4) is 22.8 Å². The fraction of sp³-hybridized carbons (Fsp3) is 0.190. The number of furan rings is 1. The lowest BCUT2D eigenvalue weighted by molar-refractivity contribution is 0.626. The van der Waals surface area contributed by atoms with Crippen LogP contribution in [-0.4, -0.2) is 15.0 Å². The lowest BCUT2D eigenvalue weighted by Crippen LogP contribution is -2.05. The first-order valence-corrected chi connectivity index (χ1v) is 8.83. The minimum absolute atomic E-state index is 0.223. The largest absolute Gasteiger partial charge is 0.454 e. The first-order valence-electron chi connectivity index (χ1n) is 8.83. The van der Waals surface area contributed by atoms with E-state index < -0.39 is 0 Å². The highest BCUT2D eigenvalue weighted by Crippen LogP contribution is 2.34. The zero-order valence-corrected chi connectivity index (χ0v) is 14.6. The van der Waals surface area contributed by atoms with E-state index in [2.05, 4.69) is 21.9 Å². The standard InChI is InChI=1S/C21H20N4O/c1-2-3-9-15-19(16-10-6-7-12-23-16)24-21(22)25-20(15)18-13-14-8-4-5-11-17(14)26-18/h4-8,10-13H,2-3,9H2,1H3,(H2,22,24,25). The molecule has 26 heavy (non-hydrogen) atoms.